The monoisotopic (exact) mass is 349 g/mol. The molecule has 2 N–H and O–H groups in total. The van der Waals surface area contributed by atoms with Gasteiger partial charge in [-0.1, -0.05) is 18.2 Å². The van der Waals surface area contributed by atoms with Crippen LogP contribution in [-0.2, 0) is 11.2 Å². The predicted molar refractivity (Wildman–Crippen MR) is 98.1 cm³/mol. The summed E-state index contributed by atoms with van der Waals surface area (Å²) in [4.78, 5) is 28.8. The molecule has 6 nitrogen and oxygen atoms in total. The molecule has 1 aromatic carbocycles. The van der Waals surface area contributed by atoms with E-state index in [0.717, 1.165) is 17.5 Å². The van der Waals surface area contributed by atoms with Gasteiger partial charge in [0.1, 0.15) is 0 Å². The summed E-state index contributed by atoms with van der Waals surface area (Å²) in [6, 6.07) is 7.56. The number of nitrogens with zero attached hydrogens (tertiary/aromatic N) is 1. The summed E-state index contributed by atoms with van der Waals surface area (Å²) < 4.78 is 5.34. The Labute approximate surface area is 151 Å². The van der Waals surface area contributed by atoms with Gasteiger partial charge >= 0.3 is 0 Å². The van der Waals surface area contributed by atoms with Crippen LogP contribution in [0.1, 0.15) is 38.3 Å². The van der Waals surface area contributed by atoms with Gasteiger partial charge in [0.15, 0.2) is 0 Å². The summed E-state index contributed by atoms with van der Waals surface area (Å²) >= 11 is 0. The number of carbonyl (C=O) groups excluding carboxylic acids is 2. The van der Waals surface area contributed by atoms with Gasteiger partial charge in [-0.15, -0.1) is 0 Å². The Bertz CT molecular complexity index is 905. The third-order valence-corrected chi connectivity index (χ3v) is 4.67. The molecule has 0 bridgehead atoms. The molecule has 0 atom stereocenters. The second-order valence-electron chi connectivity index (χ2n) is 6.31. The third kappa shape index (κ3) is 3.23. The fourth-order valence-corrected chi connectivity index (χ4v) is 3.30. The molecule has 0 saturated heterocycles. The van der Waals surface area contributed by atoms with E-state index in [9.17, 15) is 9.59 Å². The maximum Gasteiger partial charge on any atom is 0.255 e. The average Bonchev–Trinajstić information content (AvgIpc) is 2.69. The van der Waals surface area contributed by atoms with E-state index in [1.807, 2.05) is 18.2 Å². The highest BCUT2D eigenvalue weighted by Crippen LogP contribution is 2.24. The number of amides is 2. The first kappa shape index (κ1) is 16.5. The summed E-state index contributed by atoms with van der Waals surface area (Å²) in [5.74, 6) is -0.357. The van der Waals surface area contributed by atoms with E-state index in [2.05, 4.69) is 21.7 Å². The molecule has 6 heteroatoms. The molecule has 0 spiro atoms. The van der Waals surface area contributed by atoms with Crippen molar-refractivity contribution in [2.45, 2.75) is 12.8 Å². The topological polar surface area (TPSA) is 80.3 Å². The predicted octanol–water partition coefficient (Wildman–Crippen LogP) is 2.42. The van der Waals surface area contributed by atoms with E-state index in [1.165, 1.54) is 11.8 Å². The van der Waals surface area contributed by atoms with Crippen LogP contribution in [0.15, 0.2) is 42.7 Å². The van der Waals surface area contributed by atoms with E-state index in [4.69, 9.17) is 4.74 Å². The maximum atomic E-state index is 12.7. The van der Waals surface area contributed by atoms with Crippen molar-refractivity contribution in [1.82, 2.24) is 10.3 Å². The molecular weight excluding hydrogens is 330 g/mol. The van der Waals surface area contributed by atoms with Gasteiger partial charge in [-0.25, -0.2) is 0 Å². The Morgan fingerprint density at radius 2 is 2.15 bits per heavy atom. The molecule has 1 aromatic heterocycles. The van der Waals surface area contributed by atoms with Crippen LogP contribution in [0, 0.1) is 0 Å². The summed E-state index contributed by atoms with van der Waals surface area (Å²) in [6.45, 7) is 1.87. The quantitative estimate of drug-likeness (QED) is 0.892. The van der Waals surface area contributed by atoms with Crippen LogP contribution in [0.5, 0.6) is 0 Å². The number of nitrogens with one attached hydrogen (secondary N) is 2. The summed E-state index contributed by atoms with van der Waals surface area (Å²) in [5, 5.41) is 5.70. The van der Waals surface area contributed by atoms with Crippen LogP contribution >= 0.6 is 0 Å². The lowest BCUT2D eigenvalue weighted by Gasteiger charge is -2.19. The van der Waals surface area contributed by atoms with Gasteiger partial charge in [-0.2, -0.15) is 0 Å². The average molecular weight is 349 g/mol. The van der Waals surface area contributed by atoms with Gasteiger partial charge in [0.25, 0.3) is 11.8 Å². The number of rotatable bonds is 3. The Kier molecular flexibility index (Phi) is 4.50. The van der Waals surface area contributed by atoms with Crippen LogP contribution in [0.4, 0.5) is 5.69 Å². The second-order valence-corrected chi connectivity index (χ2v) is 6.31. The molecule has 2 amide bonds. The lowest BCUT2D eigenvalue weighted by Crippen LogP contribution is -2.32. The Hall–Kier alpha value is -2.99. The van der Waals surface area contributed by atoms with Crippen molar-refractivity contribution in [3.8, 4) is 0 Å². The Morgan fingerprint density at radius 1 is 1.23 bits per heavy atom. The largest absolute Gasteiger partial charge is 0.377 e. The van der Waals surface area contributed by atoms with E-state index in [0.29, 0.717) is 43.0 Å². The fourth-order valence-electron chi connectivity index (χ4n) is 3.30. The molecule has 4 rings (SSSR count). The first-order valence-electron chi connectivity index (χ1n) is 8.66. The van der Waals surface area contributed by atoms with Crippen LogP contribution in [-0.4, -0.2) is 36.6 Å². The van der Waals surface area contributed by atoms with Crippen molar-refractivity contribution in [3.05, 3.63) is 65.0 Å². The minimum absolute atomic E-state index is 0.150. The summed E-state index contributed by atoms with van der Waals surface area (Å²) in [5.41, 5.74) is 4.76. The van der Waals surface area contributed by atoms with Crippen LogP contribution in [0.2, 0.25) is 0 Å². The molecule has 0 saturated carbocycles. The van der Waals surface area contributed by atoms with Gasteiger partial charge in [-0.05, 0) is 41.7 Å². The molecule has 2 aliphatic rings. The van der Waals surface area contributed by atoms with E-state index < -0.39 is 0 Å². The van der Waals surface area contributed by atoms with Crippen molar-refractivity contribution >= 4 is 23.1 Å². The standard InChI is InChI=1S/C20H19N3O3/c24-19(15-3-1-2-14(10-15)13-5-8-26-9-6-13)23-18-12-21-11-17-16(18)4-7-22-20(17)25/h1-3,5,10-12H,4,6-9H2,(H,22,25)(H,23,24). The highest BCUT2D eigenvalue weighted by atomic mass is 16.5. The SMILES string of the molecule is O=C(Nc1cncc2c1CCNC2=O)c1cccc(C2=CCOCC2)c1. The lowest BCUT2D eigenvalue weighted by molar-refractivity contribution is 0.0944. The number of ether oxygens (including phenoxy) is 1. The number of benzene rings is 1. The fraction of sp³-hybridized carbons (Fsp3) is 0.250. The molecule has 3 heterocycles. The van der Waals surface area contributed by atoms with Crippen molar-refractivity contribution in [2.24, 2.45) is 0 Å². The zero-order chi connectivity index (χ0) is 17.9. The molecule has 26 heavy (non-hydrogen) atoms. The van der Waals surface area contributed by atoms with Gasteiger partial charge in [0, 0.05) is 18.3 Å². The van der Waals surface area contributed by atoms with E-state index in [-0.39, 0.29) is 11.8 Å². The number of aromatic nitrogens is 1. The van der Waals surface area contributed by atoms with Crippen LogP contribution < -0.4 is 10.6 Å². The summed E-state index contributed by atoms with van der Waals surface area (Å²) in [7, 11) is 0. The van der Waals surface area contributed by atoms with Gasteiger partial charge in [0.2, 0.25) is 0 Å². The molecular formula is C20H19N3O3. The minimum Gasteiger partial charge on any atom is -0.377 e. The van der Waals surface area contributed by atoms with Gasteiger partial charge in [0.05, 0.1) is 30.7 Å². The molecule has 0 aliphatic carbocycles. The number of hydrogen-bond acceptors (Lipinski definition) is 4. The van der Waals surface area contributed by atoms with E-state index >= 15 is 0 Å². The number of anilines is 1. The highest BCUT2D eigenvalue weighted by Gasteiger charge is 2.21. The summed E-state index contributed by atoms with van der Waals surface area (Å²) in [6.07, 6.45) is 6.71. The van der Waals surface area contributed by atoms with E-state index in [1.54, 1.807) is 12.3 Å². The Balaban J connectivity index is 1.59. The van der Waals surface area contributed by atoms with Crippen molar-refractivity contribution in [2.75, 3.05) is 25.1 Å². The van der Waals surface area contributed by atoms with Gasteiger partial charge < -0.3 is 15.4 Å². The second kappa shape index (κ2) is 7.09. The van der Waals surface area contributed by atoms with Gasteiger partial charge in [-0.3, -0.25) is 14.6 Å². The lowest BCUT2D eigenvalue weighted by atomic mass is 9.99. The molecule has 0 radical (unpaired) electrons. The number of pyridine rings is 1. The van der Waals surface area contributed by atoms with Crippen LogP contribution in [0.3, 0.4) is 0 Å². The molecule has 0 fully saturated rings. The smallest absolute Gasteiger partial charge is 0.255 e. The Morgan fingerprint density at radius 3 is 3.00 bits per heavy atom. The van der Waals surface area contributed by atoms with Crippen molar-refractivity contribution in [1.29, 1.82) is 0 Å². The number of carbonyl (C=O) groups is 2. The number of hydrogen-bond donors (Lipinski definition) is 2. The molecule has 0 unspecified atom stereocenters. The van der Waals surface area contributed by atoms with Crippen LogP contribution in [0.25, 0.3) is 5.57 Å². The maximum absolute atomic E-state index is 12.7. The van der Waals surface area contributed by atoms with Crippen molar-refractivity contribution < 1.29 is 14.3 Å². The molecule has 2 aliphatic heterocycles. The normalized spacial score (nSPS) is 16.3. The third-order valence-electron chi connectivity index (χ3n) is 4.67. The first-order valence-corrected chi connectivity index (χ1v) is 8.66. The first-order chi connectivity index (χ1) is 12.7. The minimum atomic E-state index is -0.208. The van der Waals surface area contributed by atoms with Crippen molar-refractivity contribution in [3.63, 3.8) is 0 Å². The number of fused-ring (bicyclic) bond motifs is 1. The zero-order valence-electron chi connectivity index (χ0n) is 14.2. The zero-order valence-corrected chi connectivity index (χ0v) is 14.2. The molecule has 132 valence electrons. The highest BCUT2D eigenvalue weighted by molar-refractivity contribution is 6.06. The molecule has 2 aromatic rings.